The first kappa shape index (κ1) is 16.6. The first-order valence-electron chi connectivity index (χ1n) is 6.17. The summed E-state index contributed by atoms with van der Waals surface area (Å²) in [6, 6.07) is 0. The fourth-order valence-corrected chi connectivity index (χ4v) is 2.70. The van der Waals surface area contributed by atoms with Crippen LogP contribution >= 0.6 is 0 Å². The number of hydrogen-bond donors (Lipinski definition) is 1. The summed E-state index contributed by atoms with van der Waals surface area (Å²) in [6.45, 7) is 4.37. The van der Waals surface area contributed by atoms with Gasteiger partial charge < -0.3 is 10.1 Å². The van der Waals surface area contributed by atoms with E-state index in [1.165, 1.54) is 0 Å². The Balaban J connectivity index is 3.42. The fraction of sp³-hybridized carbons (Fsp3) is 0.833. The van der Waals surface area contributed by atoms with E-state index in [-0.39, 0.29) is 5.75 Å². The van der Waals surface area contributed by atoms with E-state index in [9.17, 15) is 8.42 Å². The average Bonchev–Trinajstić information content (AvgIpc) is 2.27. The lowest BCUT2D eigenvalue weighted by molar-refractivity contribution is 0.199. The van der Waals surface area contributed by atoms with Crippen LogP contribution in [-0.2, 0) is 14.6 Å². The number of allylic oxidation sites excluding steroid dienone is 1. The van der Waals surface area contributed by atoms with Crippen LogP contribution < -0.4 is 5.32 Å². The zero-order chi connectivity index (χ0) is 13.0. The van der Waals surface area contributed by atoms with Gasteiger partial charge >= 0.3 is 0 Å². The van der Waals surface area contributed by atoms with Gasteiger partial charge in [-0.15, -0.1) is 0 Å². The van der Waals surface area contributed by atoms with Crippen molar-refractivity contribution in [1.82, 2.24) is 5.32 Å². The minimum absolute atomic E-state index is 0.272. The molecule has 0 atom stereocenters. The van der Waals surface area contributed by atoms with Crippen LogP contribution in [0.5, 0.6) is 0 Å². The average molecular weight is 263 g/mol. The van der Waals surface area contributed by atoms with Crippen LogP contribution in [0.15, 0.2) is 12.2 Å². The molecule has 1 N–H and O–H groups in total. The fourth-order valence-electron chi connectivity index (χ4n) is 1.38. The normalized spacial score (nSPS) is 12.4. The van der Waals surface area contributed by atoms with E-state index in [0.29, 0.717) is 18.6 Å². The molecule has 17 heavy (non-hydrogen) atoms. The smallest absolute Gasteiger partial charge is 0.150 e. The zero-order valence-corrected chi connectivity index (χ0v) is 11.8. The third-order valence-corrected chi connectivity index (χ3v) is 4.14. The van der Waals surface area contributed by atoms with Crippen molar-refractivity contribution in [1.29, 1.82) is 0 Å². The first-order chi connectivity index (χ1) is 8.12. The maximum absolute atomic E-state index is 11.4. The Morgan fingerprint density at radius 1 is 1.12 bits per heavy atom. The van der Waals surface area contributed by atoms with Crippen molar-refractivity contribution in [2.45, 2.75) is 26.2 Å². The highest BCUT2D eigenvalue weighted by Crippen LogP contribution is 1.98. The second-order valence-corrected chi connectivity index (χ2v) is 6.25. The van der Waals surface area contributed by atoms with Gasteiger partial charge in [0.1, 0.15) is 0 Å². The molecule has 0 saturated carbocycles. The van der Waals surface area contributed by atoms with Gasteiger partial charge in [-0.3, -0.25) is 0 Å². The van der Waals surface area contributed by atoms with Crippen molar-refractivity contribution in [3.8, 4) is 0 Å². The van der Waals surface area contributed by atoms with Crippen LogP contribution in [0, 0.1) is 0 Å². The molecule has 5 heteroatoms. The van der Waals surface area contributed by atoms with Crippen molar-refractivity contribution in [2.75, 3.05) is 38.3 Å². The number of rotatable bonds is 11. The van der Waals surface area contributed by atoms with Crippen molar-refractivity contribution < 1.29 is 13.2 Å². The minimum Gasteiger partial charge on any atom is -0.383 e. The van der Waals surface area contributed by atoms with Crippen molar-refractivity contribution in [3.05, 3.63) is 12.2 Å². The van der Waals surface area contributed by atoms with Crippen LogP contribution in [0.25, 0.3) is 0 Å². The molecular formula is C12H25NO3S. The maximum Gasteiger partial charge on any atom is 0.150 e. The molecule has 102 valence electrons. The first-order valence-corrected chi connectivity index (χ1v) is 7.99. The number of hydrogen-bond acceptors (Lipinski definition) is 4. The topological polar surface area (TPSA) is 55.4 Å². The monoisotopic (exact) mass is 263 g/mol. The highest BCUT2D eigenvalue weighted by atomic mass is 32.2. The second kappa shape index (κ2) is 10.7. The van der Waals surface area contributed by atoms with Crippen LogP contribution in [0.2, 0.25) is 0 Å². The molecule has 0 radical (unpaired) electrons. The minimum atomic E-state index is -2.82. The Morgan fingerprint density at radius 2 is 1.82 bits per heavy atom. The summed E-state index contributed by atoms with van der Waals surface area (Å²) in [5.41, 5.74) is 0. The van der Waals surface area contributed by atoms with Gasteiger partial charge in [0.15, 0.2) is 9.84 Å². The standard InChI is InChI=1S/C12H25NO3S/c1-3-11-17(14,15)12-7-5-4-6-8-13-9-10-16-2/h4-5,13H,3,6-12H2,1-2H3/b5-4+. The van der Waals surface area contributed by atoms with E-state index in [0.717, 1.165) is 26.1 Å². The Bertz CT molecular complexity index is 286. The van der Waals surface area contributed by atoms with Gasteiger partial charge in [0.05, 0.1) is 12.4 Å². The van der Waals surface area contributed by atoms with Gasteiger partial charge in [-0.2, -0.15) is 0 Å². The third-order valence-electron chi connectivity index (χ3n) is 2.25. The van der Waals surface area contributed by atoms with Crippen molar-refractivity contribution in [3.63, 3.8) is 0 Å². The van der Waals surface area contributed by atoms with Crippen LogP contribution in [0.3, 0.4) is 0 Å². The van der Waals surface area contributed by atoms with E-state index in [2.05, 4.69) is 5.32 Å². The molecule has 0 rings (SSSR count). The molecule has 0 spiro atoms. The lowest BCUT2D eigenvalue weighted by Crippen LogP contribution is -2.19. The maximum atomic E-state index is 11.4. The zero-order valence-electron chi connectivity index (χ0n) is 10.9. The van der Waals surface area contributed by atoms with Crippen molar-refractivity contribution in [2.24, 2.45) is 0 Å². The van der Waals surface area contributed by atoms with E-state index in [1.54, 1.807) is 7.11 Å². The number of sulfone groups is 1. The molecule has 0 aromatic heterocycles. The highest BCUT2D eigenvalue weighted by Gasteiger charge is 2.06. The van der Waals surface area contributed by atoms with Gasteiger partial charge in [0, 0.05) is 19.4 Å². The Kier molecular flexibility index (Phi) is 10.5. The predicted molar refractivity (Wildman–Crippen MR) is 72.1 cm³/mol. The summed E-state index contributed by atoms with van der Waals surface area (Å²) in [6.07, 6.45) is 6.24. The Labute approximate surface area is 105 Å². The summed E-state index contributed by atoms with van der Waals surface area (Å²) < 4.78 is 27.7. The van der Waals surface area contributed by atoms with E-state index in [1.807, 2.05) is 19.1 Å². The van der Waals surface area contributed by atoms with Crippen LogP contribution in [0.4, 0.5) is 0 Å². The molecule has 0 amide bonds. The van der Waals surface area contributed by atoms with E-state index < -0.39 is 9.84 Å². The van der Waals surface area contributed by atoms with E-state index in [4.69, 9.17) is 4.74 Å². The molecule has 4 nitrogen and oxygen atoms in total. The largest absolute Gasteiger partial charge is 0.383 e. The van der Waals surface area contributed by atoms with Crippen LogP contribution in [0.1, 0.15) is 26.2 Å². The Morgan fingerprint density at radius 3 is 2.47 bits per heavy atom. The van der Waals surface area contributed by atoms with Gasteiger partial charge in [0.2, 0.25) is 0 Å². The number of nitrogens with one attached hydrogen (secondary N) is 1. The summed E-state index contributed by atoms with van der Waals surface area (Å²) in [7, 11) is -1.14. The SMILES string of the molecule is CCCS(=O)(=O)CC/C=C/CCNCCOC. The molecule has 0 heterocycles. The third kappa shape index (κ3) is 11.9. The number of methoxy groups -OCH3 is 1. The molecule has 0 unspecified atom stereocenters. The highest BCUT2D eigenvalue weighted by molar-refractivity contribution is 7.91. The van der Waals surface area contributed by atoms with Gasteiger partial charge in [-0.1, -0.05) is 19.1 Å². The van der Waals surface area contributed by atoms with E-state index >= 15 is 0 Å². The summed E-state index contributed by atoms with van der Waals surface area (Å²) in [5, 5.41) is 3.22. The molecule has 0 saturated heterocycles. The van der Waals surface area contributed by atoms with Crippen molar-refractivity contribution >= 4 is 9.84 Å². The summed E-state index contributed by atoms with van der Waals surface area (Å²) in [5.74, 6) is 0.577. The van der Waals surface area contributed by atoms with Gasteiger partial charge in [-0.05, 0) is 25.8 Å². The molecule has 0 aliphatic carbocycles. The molecule has 0 aromatic carbocycles. The molecular weight excluding hydrogens is 238 g/mol. The molecule has 0 aliphatic heterocycles. The lowest BCUT2D eigenvalue weighted by Gasteiger charge is -2.01. The second-order valence-electron chi connectivity index (χ2n) is 3.94. The lowest BCUT2D eigenvalue weighted by atomic mass is 10.3. The molecule has 0 aliphatic rings. The van der Waals surface area contributed by atoms with Crippen LogP contribution in [-0.4, -0.2) is 46.7 Å². The summed E-state index contributed by atoms with van der Waals surface area (Å²) in [4.78, 5) is 0. The molecule has 0 fully saturated rings. The Hall–Kier alpha value is -0.390. The quantitative estimate of drug-likeness (QED) is 0.452. The molecule has 0 aromatic rings. The number of ether oxygens (including phenoxy) is 1. The molecule has 0 bridgehead atoms. The van der Waals surface area contributed by atoms with Gasteiger partial charge in [-0.25, -0.2) is 8.42 Å². The predicted octanol–water partition coefficient (Wildman–Crippen LogP) is 1.38. The van der Waals surface area contributed by atoms with Gasteiger partial charge in [0.25, 0.3) is 0 Å². The summed E-state index contributed by atoms with van der Waals surface area (Å²) >= 11 is 0.